The largest absolute Gasteiger partial charge is 0.348 e. The fourth-order valence-corrected chi connectivity index (χ4v) is 3.38. The Labute approximate surface area is 163 Å². The minimum atomic E-state index is 0.0991. The minimum absolute atomic E-state index is 0.0991. The highest BCUT2D eigenvalue weighted by atomic mass is 15.2. The molecule has 140 valence electrons. The van der Waals surface area contributed by atoms with E-state index in [-0.39, 0.29) is 6.04 Å². The highest BCUT2D eigenvalue weighted by Gasteiger charge is 2.25. The summed E-state index contributed by atoms with van der Waals surface area (Å²) in [5.74, 6) is 2.76. The lowest BCUT2D eigenvalue weighted by molar-refractivity contribution is 0.864. The van der Waals surface area contributed by atoms with Gasteiger partial charge in [0.25, 0.3) is 0 Å². The first kappa shape index (κ1) is 16.7. The number of fused-ring (bicyclic) bond motifs is 1. The highest BCUT2D eigenvalue weighted by Crippen LogP contribution is 2.39. The van der Waals surface area contributed by atoms with Gasteiger partial charge in [0.05, 0.1) is 11.6 Å². The Balaban J connectivity index is 1.46. The smallest absolute Gasteiger partial charge is 0.225 e. The lowest BCUT2D eigenvalue weighted by Crippen LogP contribution is -2.10. The predicted octanol–water partition coefficient (Wildman–Crippen LogP) is 5.15. The summed E-state index contributed by atoms with van der Waals surface area (Å²) in [6, 6.07) is 20.5. The quantitative estimate of drug-likeness (QED) is 0.438. The van der Waals surface area contributed by atoms with E-state index in [1.165, 1.54) is 24.1 Å². The number of rotatable bonds is 6. The maximum Gasteiger partial charge on any atom is 0.225 e. The van der Waals surface area contributed by atoms with Gasteiger partial charge in [-0.15, -0.1) is 0 Å². The molecule has 0 radical (unpaired) electrons. The number of H-pyrrole nitrogens is 1. The lowest BCUT2D eigenvalue weighted by Gasteiger charge is -2.16. The van der Waals surface area contributed by atoms with E-state index < -0.39 is 0 Å². The van der Waals surface area contributed by atoms with Crippen molar-refractivity contribution in [3.63, 3.8) is 0 Å². The van der Waals surface area contributed by atoms with Crippen LogP contribution in [0.1, 0.15) is 43.0 Å². The minimum Gasteiger partial charge on any atom is -0.348 e. The fourth-order valence-electron chi connectivity index (χ4n) is 3.38. The summed E-state index contributed by atoms with van der Waals surface area (Å²) in [5.41, 5.74) is 3.27. The van der Waals surface area contributed by atoms with Crippen molar-refractivity contribution in [2.45, 2.75) is 31.7 Å². The van der Waals surface area contributed by atoms with Gasteiger partial charge in [0.1, 0.15) is 5.82 Å². The van der Waals surface area contributed by atoms with Crippen molar-refractivity contribution in [1.82, 2.24) is 20.2 Å². The molecule has 6 nitrogen and oxygen atoms in total. The van der Waals surface area contributed by atoms with E-state index in [0.717, 1.165) is 22.5 Å². The first-order valence-corrected chi connectivity index (χ1v) is 9.67. The van der Waals surface area contributed by atoms with Crippen LogP contribution in [0.25, 0.3) is 10.9 Å². The molecule has 1 atom stereocenters. The lowest BCUT2D eigenvalue weighted by atomic mass is 10.1. The van der Waals surface area contributed by atoms with Crippen LogP contribution in [0.2, 0.25) is 0 Å². The van der Waals surface area contributed by atoms with Crippen LogP contribution in [0.4, 0.5) is 17.6 Å². The second-order valence-corrected chi connectivity index (χ2v) is 7.30. The van der Waals surface area contributed by atoms with Crippen molar-refractivity contribution in [1.29, 1.82) is 0 Å². The molecule has 0 saturated heterocycles. The van der Waals surface area contributed by atoms with E-state index >= 15 is 0 Å². The average molecular weight is 370 g/mol. The summed E-state index contributed by atoms with van der Waals surface area (Å²) < 4.78 is 0. The van der Waals surface area contributed by atoms with Crippen molar-refractivity contribution in [2.24, 2.45) is 0 Å². The number of aromatic amines is 1. The van der Waals surface area contributed by atoms with E-state index in [1.54, 1.807) is 0 Å². The maximum absolute atomic E-state index is 4.74. The molecule has 1 saturated carbocycles. The van der Waals surface area contributed by atoms with E-state index in [9.17, 15) is 0 Å². The molecule has 2 aromatic carbocycles. The van der Waals surface area contributed by atoms with Gasteiger partial charge in [-0.05, 0) is 37.5 Å². The van der Waals surface area contributed by atoms with Gasteiger partial charge in [-0.3, -0.25) is 5.10 Å². The van der Waals surface area contributed by atoms with Crippen molar-refractivity contribution < 1.29 is 0 Å². The van der Waals surface area contributed by atoms with Gasteiger partial charge in [-0.2, -0.15) is 10.1 Å². The molecule has 0 spiro atoms. The molecule has 0 bridgehead atoms. The van der Waals surface area contributed by atoms with Crippen LogP contribution >= 0.6 is 0 Å². The Bertz CT molecular complexity index is 1100. The van der Waals surface area contributed by atoms with Crippen molar-refractivity contribution in [3.8, 4) is 0 Å². The molecule has 6 heteroatoms. The van der Waals surface area contributed by atoms with Crippen LogP contribution in [-0.4, -0.2) is 20.2 Å². The molecule has 4 aromatic rings. The Morgan fingerprint density at radius 2 is 1.79 bits per heavy atom. The zero-order chi connectivity index (χ0) is 18.9. The van der Waals surface area contributed by atoms with Crippen LogP contribution in [0.15, 0.2) is 60.7 Å². The number of nitrogens with one attached hydrogen (secondary N) is 3. The number of anilines is 3. The number of hydrogen-bond acceptors (Lipinski definition) is 5. The molecule has 2 aromatic heterocycles. The third-order valence-corrected chi connectivity index (χ3v) is 5.11. The van der Waals surface area contributed by atoms with Crippen LogP contribution in [0, 0.1) is 0 Å². The van der Waals surface area contributed by atoms with Gasteiger partial charge in [0.15, 0.2) is 5.82 Å². The third kappa shape index (κ3) is 3.41. The Morgan fingerprint density at radius 1 is 1.00 bits per heavy atom. The molecule has 0 unspecified atom stereocenters. The summed E-state index contributed by atoms with van der Waals surface area (Å²) in [7, 11) is 0. The molecule has 1 aliphatic rings. The molecule has 0 aliphatic heterocycles. The topological polar surface area (TPSA) is 78.5 Å². The first-order chi connectivity index (χ1) is 13.8. The molecule has 1 fully saturated rings. The number of benzene rings is 2. The first-order valence-electron chi connectivity index (χ1n) is 9.67. The molecule has 28 heavy (non-hydrogen) atoms. The van der Waals surface area contributed by atoms with Crippen LogP contribution in [-0.2, 0) is 0 Å². The number of para-hydroxylation sites is 1. The van der Waals surface area contributed by atoms with E-state index in [2.05, 4.69) is 46.0 Å². The standard InChI is InChI=1S/C22H22N6/c1-14(15-7-3-2-4-8-15)23-22-24-18-10-6-5-9-17(18)21(26-22)25-20-13-19(27-28-20)16-11-12-16/h2-10,13-14,16H,11-12H2,1H3,(H3,23,24,25,26,27,28)/t14-/m0/s1. The van der Waals surface area contributed by atoms with E-state index in [1.807, 2.05) is 42.5 Å². The van der Waals surface area contributed by atoms with Gasteiger partial charge in [0, 0.05) is 23.1 Å². The number of hydrogen-bond donors (Lipinski definition) is 3. The zero-order valence-corrected chi connectivity index (χ0v) is 15.7. The molecular weight excluding hydrogens is 348 g/mol. The molecule has 2 heterocycles. The molecule has 3 N–H and O–H groups in total. The number of aromatic nitrogens is 4. The van der Waals surface area contributed by atoms with Crippen molar-refractivity contribution in [2.75, 3.05) is 10.6 Å². The van der Waals surface area contributed by atoms with Crippen LogP contribution in [0.5, 0.6) is 0 Å². The van der Waals surface area contributed by atoms with Gasteiger partial charge in [0.2, 0.25) is 5.95 Å². The summed E-state index contributed by atoms with van der Waals surface area (Å²) in [4.78, 5) is 9.44. The van der Waals surface area contributed by atoms with E-state index in [4.69, 9.17) is 9.97 Å². The monoisotopic (exact) mass is 370 g/mol. The summed E-state index contributed by atoms with van der Waals surface area (Å²) >= 11 is 0. The second kappa shape index (κ2) is 6.96. The predicted molar refractivity (Wildman–Crippen MR) is 112 cm³/mol. The molecule has 1 aliphatic carbocycles. The van der Waals surface area contributed by atoms with Crippen molar-refractivity contribution in [3.05, 3.63) is 71.9 Å². The molecular formula is C22H22N6. The Hall–Kier alpha value is -3.41. The third-order valence-electron chi connectivity index (χ3n) is 5.11. The average Bonchev–Trinajstić information content (AvgIpc) is 3.48. The van der Waals surface area contributed by atoms with Gasteiger partial charge in [-0.1, -0.05) is 42.5 Å². The molecule has 5 rings (SSSR count). The molecule has 0 amide bonds. The van der Waals surface area contributed by atoms with Crippen LogP contribution < -0.4 is 10.6 Å². The second-order valence-electron chi connectivity index (χ2n) is 7.30. The zero-order valence-electron chi connectivity index (χ0n) is 15.7. The highest BCUT2D eigenvalue weighted by molar-refractivity contribution is 5.91. The number of nitrogens with zero attached hydrogens (tertiary/aromatic N) is 3. The summed E-state index contributed by atoms with van der Waals surface area (Å²) in [6.45, 7) is 2.11. The maximum atomic E-state index is 4.74. The van der Waals surface area contributed by atoms with Crippen molar-refractivity contribution >= 4 is 28.5 Å². The van der Waals surface area contributed by atoms with Gasteiger partial charge in [-0.25, -0.2) is 4.98 Å². The van der Waals surface area contributed by atoms with Gasteiger partial charge >= 0.3 is 0 Å². The van der Waals surface area contributed by atoms with Crippen LogP contribution in [0.3, 0.4) is 0 Å². The van der Waals surface area contributed by atoms with E-state index in [0.29, 0.717) is 11.9 Å². The summed E-state index contributed by atoms with van der Waals surface area (Å²) in [5, 5.41) is 15.3. The Kier molecular flexibility index (Phi) is 4.16. The fraction of sp³-hybridized carbons (Fsp3) is 0.227. The normalized spacial score (nSPS) is 14.8. The SMILES string of the molecule is C[C@H](Nc1nc(Nc2cc(C3CC3)[nH]n2)c2ccccc2n1)c1ccccc1. The Morgan fingerprint density at radius 3 is 2.61 bits per heavy atom. The summed E-state index contributed by atoms with van der Waals surface area (Å²) in [6.07, 6.45) is 2.48. The van der Waals surface area contributed by atoms with Gasteiger partial charge < -0.3 is 10.6 Å².